The van der Waals surface area contributed by atoms with Crippen molar-refractivity contribution in [1.29, 1.82) is 0 Å². The minimum Gasteiger partial charge on any atom is -0.494 e. The summed E-state index contributed by atoms with van der Waals surface area (Å²) in [6, 6.07) is 24.8. The van der Waals surface area contributed by atoms with Crippen molar-refractivity contribution in [3.63, 3.8) is 0 Å². The minimum absolute atomic E-state index is 0.0666. The van der Waals surface area contributed by atoms with Gasteiger partial charge in [0.05, 0.1) is 12.6 Å². The number of amides is 2. The van der Waals surface area contributed by atoms with Crippen molar-refractivity contribution in [2.24, 2.45) is 0 Å². The zero-order valence-electron chi connectivity index (χ0n) is 19.4. The van der Waals surface area contributed by atoms with Crippen LogP contribution in [0.15, 0.2) is 78.9 Å². The van der Waals surface area contributed by atoms with Crippen LogP contribution in [0.1, 0.15) is 55.6 Å². The molecule has 1 aliphatic rings. The summed E-state index contributed by atoms with van der Waals surface area (Å²) in [5.41, 5.74) is 3.29. The van der Waals surface area contributed by atoms with Gasteiger partial charge in [-0.25, -0.2) is 0 Å². The van der Waals surface area contributed by atoms with Crippen LogP contribution in [0.3, 0.4) is 0 Å². The second-order valence-corrected chi connectivity index (χ2v) is 8.25. The number of hydrogen-bond donors (Lipinski definition) is 0. The highest BCUT2D eigenvalue weighted by Gasteiger charge is 2.38. The highest BCUT2D eigenvalue weighted by molar-refractivity contribution is 6.08. The molecular weight excluding hydrogens is 412 g/mol. The van der Waals surface area contributed by atoms with E-state index in [9.17, 15) is 9.59 Å². The highest BCUT2D eigenvalue weighted by Crippen LogP contribution is 2.43. The average molecular weight is 443 g/mol. The summed E-state index contributed by atoms with van der Waals surface area (Å²) in [5.74, 6) is 0.684. The third kappa shape index (κ3) is 4.49. The van der Waals surface area contributed by atoms with Crippen molar-refractivity contribution < 1.29 is 14.3 Å². The molecule has 3 aromatic carbocycles. The number of benzene rings is 3. The summed E-state index contributed by atoms with van der Waals surface area (Å²) in [6.45, 7) is 6.40. The first-order chi connectivity index (χ1) is 16.0. The number of rotatable bonds is 6. The maximum absolute atomic E-state index is 13.7. The first-order valence-corrected chi connectivity index (χ1v) is 11.6. The zero-order chi connectivity index (χ0) is 23.4. The van der Waals surface area contributed by atoms with Gasteiger partial charge in [-0.1, -0.05) is 49.4 Å². The monoisotopic (exact) mass is 442 g/mol. The lowest BCUT2D eigenvalue weighted by Crippen LogP contribution is -2.47. The number of anilines is 2. The fourth-order valence-corrected chi connectivity index (χ4v) is 4.62. The van der Waals surface area contributed by atoms with Crippen LogP contribution < -0.4 is 14.5 Å². The molecule has 5 heteroatoms. The lowest BCUT2D eigenvalue weighted by atomic mass is 9.89. The lowest BCUT2D eigenvalue weighted by molar-refractivity contribution is -0.118. The van der Waals surface area contributed by atoms with E-state index in [0.29, 0.717) is 30.8 Å². The van der Waals surface area contributed by atoms with E-state index < -0.39 is 0 Å². The van der Waals surface area contributed by atoms with E-state index in [2.05, 4.69) is 0 Å². The molecule has 1 aliphatic heterocycles. The Morgan fingerprint density at radius 1 is 0.970 bits per heavy atom. The number of ether oxygens (including phenoxy) is 1. The van der Waals surface area contributed by atoms with E-state index >= 15 is 0 Å². The SMILES string of the molecule is CCOc1cccc(C(=O)N2c3ccccc3[C@H](N(C(=O)CC)c3ccccc3)C[C@@H]2C)c1. The molecule has 170 valence electrons. The summed E-state index contributed by atoms with van der Waals surface area (Å²) in [7, 11) is 0. The van der Waals surface area contributed by atoms with Crippen LogP contribution in [0.25, 0.3) is 0 Å². The van der Waals surface area contributed by atoms with Crippen LogP contribution in [0.4, 0.5) is 11.4 Å². The maximum Gasteiger partial charge on any atom is 0.258 e. The number of hydrogen-bond acceptors (Lipinski definition) is 3. The third-order valence-corrected chi connectivity index (χ3v) is 6.09. The molecule has 2 atom stereocenters. The Labute approximate surface area is 195 Å². The molecule has 0 unspecified atom stereocenters. The summed E-state index contributed by atoms with van der Waals surface area (Å²) in [6.07, 6.45) is 1.06. The molecule has 0 aliphatic carbocycles. The molecule has 4 rings (SSSR count). The van der Waals surface area contributed by atoms with E-state index in [0.717, 1.165) is 16.9 Å². The molecule has 0 fully saturated rings. The van der Waals surface area contributed by atoms with E-state index in [1.54, 1.807) is 6.07 Å². The molecule has 2 amide bonds. The van der Waals surface area contributed by atoms with Crippen LogP contribution in [0.5, 0.6) is 5.75 Å². The van der Waals surface area contributed by atoms with Crippen LogP contribution >= 0.6 is 0 Å². The molecule has 0 aromatic heterocycles. The van der Waals surface area contributed by atoms with Crippen LogP contribution in [-0.2, 0) is 4.79 Å². The quantitative estimate of drug-likeness (QED) is 0.470. The molecule has 33 heavy (non-hydrogen) atoms. The van der Waals surface area contributed by atoms with Gasteiger partial charge >= 0.3 is 0 Å². The van der Waals surface area contributed by atoms with Crippen molar-refractivity contribution in [3.8, 4) is 5.75 Å². The number of nitrogens with zero attached hydrogens (tertiary/aromatic N) is 2. The van der Waals surface area contributed by atoms with Gasteiger partial charge in [-0.15, -0.1) is 0 Å². The molecule has 5 nitrogen and oxygen atoms in total. The predicted octanol–water partition coefficient (Wildman–Crippen LogP) is 6.01. The van der Waals surface area contributed by atoms with Crippen LogP contribution in [-0.4, -0.2) is 24.5 Å². The van der Waals surface area contributed by atoms with Gasteiger partial charge in [0.1, 0.15) is 5.75 Å². The molecule has 1 heterocycles. The lowest BCUT2D eigenvalue weighted by Gasteiger charge is -2.43. The molecule has 0 bridgehead atoms. The summed E-state index contributed by atoms with van der Waals surface area (Å²) in [5, 5.41) is 0. The topological polar surface area (TPSA) is 49.9 Å². The predicted molar refractivity (Wildman–Crippen MR) is 132 cm³/mol. The minimum atomic E-state index is -0.148. The van der Waals surface area contributed by atoms with E-state index in [1.165, 1.54) is 0 Å². The van der Waals surface area contributed by atoms with Crippen molar-refractivity contribution >= 4 is 23.2 Å². The Hall–Kier alpha value is -3.60. The molecule has 0 spiro atoms. The molecule has 0 radical (unpaired) electrons. The van der Waals surface area contributed by atoms with Gasteiger partial charge in [-0.2, -0.15) is 0 Å². The zero-order valence-corrected chi connectivity index (χ0v) is 19.4. The second kappa shape index (κ2) is 9.90. The largest absolute Gasteiger partial charge is 0.494 e. The number of carbonyl (C=O) groups is 2. The van der Waals surface area contributed by atoms with Gasteiger partial charge in [-0.05, 0) is 62.2 Å². The van der Waals surface area contributed by atoms with Crippen molar-refractivity contribution in [2.45, 2.75) is 45.7 Å². The molecule has 3 aromatic rings. The Morgan fingerprint density at radius 2 is 1.70 bits per heavy atom. The molecule has 0 N–H and O–H groups in total. The van der Waals surface area contributed by atoms with Crippen LogP contribution in [0.2, 0.25) is 0 Å². The maximum atomic E-state index is 13.7. The smallest absolute Gasteiger partial charge is 0.258 e. The highest BCUT2D eigenvalue weighted by atomic mass is 16.5. The van der Waals surface area contributed by atoms with Gasteiger partial charge in [0, 0.05) is 29.4 Å². The molecule has 0 saturated carbocycles. The van der Waals surface area contributed by atoms with Gasteiger partial charge in [0.15, 0.2) is 0 Å². The summed E-state index contributed by atoms with van der Waals surface area (Å²) >= 11 is 0. The Kier molecular flexibility index (Phi) is 6.78. The standard InChI is InChI=1S/C28H30N2O3/c1-4-27(31)30(22-13-7-6-8-14-22)26-18-20(3)29(25-17-10-9-16-24(25)26)28(32)21-12-11-15-23(19-21)33-5-2/h6-17,19-20,26H,4-5,18H2,1-3H3/t20-,26+/m0/s1. The van der Waals surface area contributed by atoms with Gasteiger partial charge in [0.2, 0.25) is 5.91 Å². The van der Waals surface area contributed by atoms with Crippen LogP contribution in [0, 0.1) is 0 Å². The van der Waals surface area contributed by atoms with Gasteiger partial charge < -0.3 is 14.5 Å². The van der Waals surface area contributed by atoms with Gasteiger partial charge in [0.25, 0.3) is 5.91 Å². The van der Waals surface area contributed by atoms with Crippen molar-refractivity contribution in [3.05, 3.63) is 90.0 Å². The second-order valence-electron chi connectivity index (χ2n) is 8.25. The number of para-hydroxylation sites is 2. The van der Waals surface area contributed by atoms with E-state index in [4.69, 9.17) is 4.74 Å². The molecule has 0 saturated heterocycles. The number of carbonyl (C=O) groups excluding carboxylic acids is 2. The summed E-state index contributed by atoms with van der Waals surface area (Å²) in [4.78, 5) is 30.5. The Balaban J connectivity index is 1.76. The Morgan fingerprint density at radius 3 is 2.42 bits per heavy atom. The van der Waals surface area contributed by atoms with E-state index in [1.807, 2.05) is 103 Å². The average Bonchev–Trinajstić information content (AvgIpc) is 2.85. The summed E-state index contributed by atoms with van der Waals surface area (Å²) < 4.78 is 5.60. The molecular formula is C28H30N2O3. The van der Waals surface area contributed by atoms with Crippen molar-refractivity contribution in [1.82, 2.24) is 0 Å². The normalized spacial score (nSPS) is 17.2. The number of fused-ring (bicyclic) bond motifs is 1. The first-order valence-electron chi connectivity index (χ1n) is 11.6. The third-order valence-electron chi connectivity index (χ3n) is 6.09. The van der Waals surface area contributed by atoms with E-state index in [-0.39, 0.29) is 23.9 Å². The fourth-order valence-electron chi connectivity index (χ4n) is 4.62. The first kappa shape index (κ1) is 22.6. The van der Waals surface area contributed by atoms with Gasteiger partial charge in [-0.3, -0.25) is 9.59 Å². The van der Waals surface area contributed by atoms with Crippen molar-refractivity contribution in [2.75, 3.05) is 16.4 Å². The fraction of sp³-hybridized carbons (Fsp3) is 0.286. The Bertz CT molecular complexity index is 1130.